The zero-order chi connectivity index (χ0) is 17.9. The molecule has 1 saturated heterocycles. The molecule has 26 heavy (non-hydrogen) atoms. The van der Waals surface area contributed by atoms with Crippen LogP contribution >= 0.6 is 0 Å². The molecular formula is C19H24N4O3. The number of hydrogen-bond acceptors (Lipinski definition) is 5. The number of carbonyl (C=O) groups is 1. The number of piperidine rings is 1. The van der Waals surface area contributed by atoms with Gasteiger partial charge in [0.05, 0.1) is 17.6 Å². The van der Waals surface area contributed by atoms with Crippen molar-refractivity contribution in [2.24, 2.45) is 0 Å². The Balaban J connectivity index is 1.44. The molecule has 7 heteroatoms. The summed E-state index contributed by atoms with van der Waals surface area (Å²) in [5, 5.41) is 10.1. The second-order valence-electron chi connectivity index (χ2n) is 6.93. The maximum Gasteiger partial charge on any atom is 0.221 e. The summed E-state index contributed by atoms with van der Waals surface area (Å²) in [6, 6.07) is 6.18. The number of benzene rings is 1. The minimum atomic E-state index is -0.0726. The molecule has 4 rings (SSSR count). The topological polar surface area (TPSA) is 79.5 Å². The molecule has 1 amide bonds. The van der Waals surface area contributed by atoms with Crippen LogP contribution in [0, 0.1) is 0 Å². The smallest absolute Gasteiger partial charge is 0.221 e. The van der Waals surface area contributed by atoms with Crippen LogP contribution in [0.25, 0.3) is 0 Å². The highest BCUT2D eigenvalue weighted by Gasteiger charge is 2.25. The van der Waals surface area contributed by atoms with E-state index < -0.39 is 0 Å². The summed E-state index contributed by atoms with van der Waals surface area (Å²) in [4.78, 5) is 13.8. The van der Waals surface area contributed by atoms with Crippen LogP contribution in [0.15, 0.2) is 24.4 Å². The minimum Gasteiger partial charge on any atom is -0.486 e. The normalized spacial score (nSPS) is 20.0. The Morgan fingerprint density at radius 3 is 3.04 bits per heavy atom. The van der Waals surface area contributed by atoms with Gasteiger partial charge in [-0.15, -0.1) is 0 Å². The van der Waals surface area contributed by atoms with E-state index >= 15 is 0 Å². The van der Waals surface area contributed by atoms with E-state index in [9.17, 15) is 4.79 Å². The molecule has 1 atom stereocenters. The minimum absolute atomic E-state index is 0.0726. The summed E-state index contributed by atoms with van der Waals surface area (Å²) in [6.07, 6.45) is 3.90. The zero-order valence-corrected chi connectivity index (χ0v) is 15.0. The fraction of sp³-hybridized carbons (Fsp3) is 0.474. The molecule has 2 aromatic rings. The number of fused-ring (bicyclic) bond motifs is 1. The summed E-state index contributed by atoms with van der Waals surface area (Å²) < 4.78 is 11.3. The van der Waals surface area contributed by atoms with E-state index in [2.05, 4.69) is 32.5 Å². The number of carbonyl (C=O) groups excluding carboxylic acids is 1. The molecule has 2 aliphatic heterocycles. The van der Waals surface area contributed by atoms with Gasteiger partial charge in [0.25, 0.3) is 0 Å². The molecule has 1 aromatic heterocycles. The molecule has 0 saturated carbocycles. The highest BCUT2D eigenvalue weighted by Crippen LogP contribution is 2.33. The first-order valence-corrected chi connectivity index (χ1v) is 9.11. The Morgan fingerprint density at radius 1 is 1.35 bits per heavy atom. The lowest BCUT2D eigenvalue weighted by molar-refractivity contribution is -0.114. The van der Waals surface area contributed by atoms with Crippen molar-refractivity contribution in [1.29, 1.82) is 0 Å². The van der Waals surface area contributed by atoms with Gasteiger partial charge in [-0.3, -0.25) is 14.8 Å². The van der Waals surface area contributed by atoms with E-state index in [1.165, 1.54) is 12.5 Å². The van der Waals surface area contributed by atoms with Crippen molar-refractivity contribution in [3.63, 3.8) is 0 Å². The summed E-state index contributed by atoms with van der Waals surface area (Å²) in [7, 11) is 0. The molecular weight excluding hydrogens is 332 g/mol. The summed E-state index contributed by atoms with van der Waals surface area (Å²) >= 11 is 0. The lowest BCUT2D eigenvalue weighted by atomic mass is 9.93. The van der Waals surface area contributed by atoms with E-state index in [1.54, 1.807) is 6.20 Å². The van der Waals surface area contributed by atoms with E-state index in [0.717, 1.165) is 55.4 Å². The van der Waals surface area contributed by atoms with Crippen LogP contribution in [-0.2, 0) is 11.3 Å². The predicted octanol–water partition coefficient (Wildman–Crippen LogP) is 2.52. The van der Waals surface area contributed by atoms with Crippen LogP contribution in [0.3, 0.4) is 0 Å². The maximum absolute atomic E-state index is 11.4. The van der Waals surface area contributed by atoms with Gasteiger partial charge in [0.2, 0.25) is 5.91 Å². The van der Waals surface area contributed by atoms with Gasteiger partial charge in [0.15, 0.2) is 11.5 Å². The van der Waals surface area contributed by atoms with Gasteiger partial charge >= 0.3 is 0 Å². The highest BCUT2D eigenvalue weighted by atomic mass is 16.6. The Hall–Kier alpha value is -2.54. The Labute approximate surface area is 152 Å². The van der Waals surface area contributed by atoms with Gasteiger partial charge in [-0.1, -0.05) is 6.07 Å². The number of ether oxygens (including phenoxy) is 2. The number of aromatic nitrogens is 2. The number of aromatic amines is 1. The second-order valence-corrected chi connectivity index (χ2v) is 6.93. The first-order valence-electron chi connectivity index (χ1n) is 9.11. The third-order valence-corrected chi connectivity index (χ3v) is 4.91. The van der Waals surface area contributed by atoms with Crippen molar-refractivity contribution in [3.05, 3.63) is 35.7 Å². The molecule has 0 aliphatic carbocycles. The third kappa shape index (κ3) is 3.67. The second kappa shape index (κ2) is 7.37. The van der Waals surface area contributed by atoms with Gasteiger partial charge in [-0.2, -0.15) is 5.10 Å². The van der Waals surface area contributed by atoms with Crippen molar-refractivity contribution in [3.8, 4) is 11.5 Å². The van der Waals surface area contributed by atoms with Crippen LogP contribution in [0.1, 0.15) is 36.9 Å². The first kappa shape index (κ1) is 16.9. The third-order valence-electron chi connectivity index (χ3n) is 4.91. The van der Waals surface area contributed by atoms with Crippen LogP contribution in [0.5, 0.6) is 11.5 Å². The largest absolute Gasteiger partial charge is 0.486 e. The summed E-state index contributed by atoms with van der Waals surface area (Å²) in [6.45, 7) is 5.61. The average Bonchev–Trinajstić information content (AvgIpc) is 3.09. The van der Waals surface area contributed by atoms with Gasteiger partial charge in [0.1, 0.15) is 13.2 Å². The number of nitrogens with zero attached hydrogens (tertiary/aromatic N) is 2. The molecule has 0 unspecified atom stereocenters. The van der Waals surface area contributed by atoms with E-state index in [-0.39, 0.29) is 5.91 Å². The molecule has 1 aromatic carbocycles. The number of H-pyrrole nitrogens is 1. The number of rotatable bonds is 4. The predicted molar refractivity (Wildman–Crippen MR) is 97.6 cm³/mol. The molecule has 0 bridgehead atoms. The molecule has 7 nitrogen and oxygen atoms in total. The number of likely N-dealkylation sites (tertiary alicyclic amines) is 1. The molecule has 138 valence electrons. The summed E-state index contributed by atoms with van der Waals surface area (Å²) in [5.41, 5.74) is 3.04. The van der Waals surface area contributed by atoms with Gasteiger partial charge in [-0.05, 0) is 37.1 Å². The first-order chi connectivity index (χ1) is 12.7. The zero-order valence-electron chi connectivity index (χ0n) is 15.0. The van der Waals surface area contributed by atoms with Crippen molar-refractivity contribution in [2.45, 2.75) is 32.2 Å². The standard InChI is InChI=1S/C19H24N4O3/c1-13(24)21-16-10-20-22-19(16)15-3-2-6-23(12-15)11-14-4-5-17-18(9-14)26-8-7-25-17/h4-5,9-10,15H,2-3,6-8,11-12H2,1H3,(H,20,22)(H,21,24)/t15-/m0/s1. The lowest BCUT2D eigenvalue weighted by Gasteiger charge is -2.32. The van der Waals surface area contributed by atoms with E-state index in [4.69, 9.17) is 9.47 Å². The fourth-order valence-corrected chi connectivity index (χ4v) is 3.78. The maximum atomic E-state index is 11.4. The molecule has 2 aliphatic rings. The van der Waals surface area contributed by atoms with Gasteiger partial charge in [0, 0.05) is 25.9 Å². The van der Waals surface area contributed by atoms with E-state index in [0.29, 0.717) is 19.1 Å². The van der Waals surface area contributed by atoms with Crippen LogP contribution < -0.4 is 14.8 Å². The Kier molecular flexibility index (Phi) is 4.79. The Bertz CT molecular complexity index is 789. The number of anilines is 1. The summed E-state index contributed by atoms with van der Waals surface area (Å²) in [5.74, 6) is 1.93. The average molecular weight is 356 g/mol. The SMILES string of the molecule is CC(=O)Nc1cn[nH]c1[C@H]1CCCN(Cc2ccc3c(c2)OCCO3)C1. The van der Waals surface area contributed by atoms with Crippen LogP contribution in [-0.4, -0.2) is 47.3 Å². The van der Waals surface area contributed by atoms with Crippen molar-refractivity contribution in [2.75, 3.05) is 31.6 Å². The van der Waals surface area contributed by atoms with E-state index in [1.807, 2.05) is 6.07 Å². The highest BCUT2D eigenvalue weighted by molar-refractivity contribution is 5.89. The van der Waals surface area contributed by atoms with Crippen molar-refractivity contribution < 1.29 is 14.3 Å². The monoisotopic (exact) mass is 356 g/mol. The number of nitrogens with one attached hydrogen (secondary N) is 2. The molecule has 0 radical (unpaired) electrons. The quantitative estimate of drug-likeness (QED) is 0.880. The van der Waals surface area contributed by atoms with Crippen LogP contribution in [0.2, 0.25) is 0 Å². The number of hydrogen-bond donors (Lipinski definition) is 2. The molecule has 0 spiro atoms. The number of amides is 1. The van der Waals surface area contributed by atoms with Crippen molar-refractivity contribution >= 4 is 11.6 Å². The van der Waals surface area contributed by atoms with Gasteiger partial charge in [-0.25, -0.2) is 0 Å². The fourth-order valence-electron chi connectivity index (χ4n) is 3.78. The molecule has 3 heterocycles. The van der Waals surface area contributed by atoms with Gasteiger partial charge < -0.3 is 14.8 Å². The molecule has 2 N–H and O–H groups in total. The van der Waals surface area contributed by atoms with Crippen molar-refractivity contribution in [1.82, 2.24) is 15.1 Å². The van der Waals surface area contributed by atoms with Crippen LogP contribution in [0.4, 0.5) is 5.69 Å². The molecule has 1 fully saturated rings. The lowest BCUT2D eigenvalue weighted by Crippen LogP contribution is -2.34. The Morgan fingerprint density at radius 2 is 2.19 bits per heavy atom.